The van der Waals surface area contributed by atoms with Crippen molar-refractivity contribution in [3.05, 3.63) is 53.7 Å². The standard InChI is InChI=1S/C14H15FN2O2/c1-2-17(9-11-4-3-7-19-11)14(18)12-8-10(15)5-6-13(12)16/h3-8H,2,9,16H2,1H3. The van der Waals surface area contributed by atoms with E-state index in [4.69, 9.17) is 10.2 Å². The van der Waals surface area contributed by atoms with Crippen LogP contribution in [0.2, 0.25) is 0 Å². The average Bonchev–Trinajstić information content (AvgIpc) is 2.91. The second-order valence-electron chi connectivity index (χ2n) is 4.13. The van der Waals surface area contributed by atoms with Crippen LogP contribution < -0.4 is 5.73 Å². The Labute approximate surface area is 110 Å². The molecule has 0 aliphatic heterocycles. The lowest BCUT2D eigenvalue weighted by Gasteiger charge is -2.20. The topological polar surface area (TPSA) is 59.5 Å². The molecule has 0 saturated heterocycles. The van der Waals surface area contributed by atoms with Crippen LogP contribution in [0.4, 0.5) is 10.1 Å². The molecule has 0 atom stereocenters. The van der Waals surface area contributed by atoms with Crippen LogP contribution in [-0.2, 0) is 6.54 Å². The summed E-state index contributed by atoms with van der Waals surface area (Å²) in [6, 6.07) is 7.32. The highest BCUT2D eigenvalue weighted by Crippen LogP contribution is 2.17. The van der Waals surface area contributed by atoms with Crippen LogP contribution >= 0.6 is 0 Å². The van der Waals surface area contributed by atoms with Gasteiger partial charge >= 0.3 is 0 Å². The molecule has 0 bridgehead atoms. The number of carbonyl (C=O) groups is 1. The summed E-state index contributed by atoms with van der Waals surface area (Å²) in [7, 11) is 0. The van der Waals surface area contributed by atoms with Crippen LogP contribution in [0.25, 0.3) is 0 Å². The van der Waals surface area contributed by atoms with Gasteiger partial charge in [-0.05, 0) is 37.3 Å². The van der Waals surface area contributed by atoms with Gasteiger partial charge in [0.15, 0.2) is 0 Å². The highest BCUT2D eigenvalue weighted by Gasteiger charge is 2.18. The Balaban J connectivity index is 2.23. The van der Waals surface area contributed by atoms with Gasteiger partial charge in [-0.2, -0.15) is 0 Å². The zero-order chi connectivity index (χ0) is 13.8. The van der Waals surface area contributed by atoms with Gasteiger partial charge in [0.1, 0.15) is 11.6 Å². The summed E-state index contributed by atoms with van der Waals surface area (Å²) in [5.74, 6) is -0.118. The second-order valence-corrected chi connectivity index (χ2v) is 4.13. The third-order valence-corrected chi connectivity index (χ3v) is 2.84. The number of nitrogen functional groups attached to an aromatic ring is 1. The van der Waals surface area contributed by atoms with Gasteiger partial charge in [0.25, 0.3) is 5.91 Å². The summed E-state index contributed by atoms with van der Waals surface area (Å²) in [6.07, 6.45) is 1.55. The van der Waals surface area contributed by atoms with Crippen LogP contribution in [0.15, 0.2) is 41.0 Å². The first-order valence-corrected chi connectivity index (χ1v) is 5.98. The minimum atomic E-state index is -0.480. The van der Waals surface area contributed by atoms with E-state index in [2.05, 4.69) is 0 Å². The lowest BCUT2D eigenvalue weighted by atomic mass is 10.1. The van der Waals surface area contributed by atoms with E-state index >= 15 is 0 Å². The maximum Gasteiger partial charge on any atom is 0.256 e. The van der Waals surface area contributed by atoms with Crippen molar-refractivity contribution in [3.63, 3.8) is 0 Å². The van der Waals surface area contributed by atoms with Crippen molar-refractivity contribution in [1.82, 2.24) is 4.90 Å². The van der Waals surface area contributed by atoms with E-state index in [0.29, 0.717) is 18.8 Å². The monoisotopic (exact) mass is 262 g/mol. The first-order chi connectivity index (χ1) is 9.11. The number of furan rings is 1. The second kappa shape index (κ2) is 5.56. The molecule has 1 heterocycles. The number of amides is 1. The molecule has 0 saturated carbocycles. The largest absolute Gasteiger partial charge is 0.467 e. The number of anilines is 1. The van der Waals surface area contributed by atoms with E-state index in [1.165, 1.54) is 12.1 Å². The zero-order valence-electron chi connectivity index (χ0n) is 10.6. The van der Waals surface area contributed by atoms with Crippen molar-refractivity contribution in [2.45, 2.75) is 13.5 Å². The number of nitrogens with two attached hydrogens (primary N) is 1. The van der Waals surface area contributed by atoms with Gasteiger partial charge < -0.3 is 15.1 Å². The van der Waals surface area contributed by atoms with Crippen LogP contribution in [-0.4, -0.2) is 17.4 Å². The van der Waals surface area contributed by atoms with E-state index in [0.717, 1.165) is 6.07 Å². The number of hydrogen-bond donors (Lipinski definition) is 1. The predicted molar refractivity (Wildman–Crippen MR) is 69.9 cm³/mol. The summed E-state index contributed by atoms with van der Waals surface area (Å²) in [6.45, 7) is 2.66. The molecule has 2 rings (SSSR count). The molecular weight excluding hydrogens is 247 g/mol. The van der Waals surface area contributed by atoms with E-state index in [9.17, 15) is 9.18 Å². The molecule has 0 aliphatic carbocycles. The predicted octanol–water partition coefficient (Wildman–Crippen LogP) is 2.66. The summed E-state index contributed by atoms with van der Waals surface area (Å²) in [4.78, 5) is 13.9. The fraction of sp³-hybridized carbons (Fsp3) is 0.214. The van der Waals surface area contributed by atoms with Crippen LogP contribution in [0.3, 0.4) is 0 Å². The van der Waals surface area contributed by atoms with Crippen LogP contribution in [0.1, 0.15) is 23.0 Å². The number of benzene rings is 1. The van der Waals surface area contributed by atoms with Gasteiger partial charge in [0.2, 0.25) is 0 Å². The van der Waals surface area contributed by atoms with E-state index < -0.39 is 5.82 Å². The van der Waals surface area contributed by atoms with E-state index in [1.54, 1.807) is 23.3 Å². The molecule has 0 unspecified atom stereocenters. The molecule has 2 aromatic rings. The Kier molecular flexibility index (Phi) is 3.85. The van der Waals surface area contributed by atoms with E-state index in [1.807, 2.05) is 6.92 Å². The summed E-state index contributed by atoms with van der Waals surface area (Å²) >= 11 is 0. The van der Waals surface area contributed by atoms with Crippen molar-refractivity contribution in [3.8, 4) is 0 Å². The van der Waals surface area contributed by atoms with Gasteiger partial charge in [0, 0.05) is 12.2 Å². The minimum Gasteiger partial charge on any atom is -0.467 e. The Morgan fingerprint density at radius 3 is 2.84 bits per heavy atom. The maximum absolute atomic E-state index is 13.2. The maximum atomic E-state index is 13.2. The van der Waals surface area contributed by atoms with Crippen LogP contribution in [0, 0.1) is 5.82 Å². The molecule has 0 spiro atoms. The molecule has 1 aromatic carbocycles. The molecule has 100 valence electrons. The third-order valence-electron chi connectivity index (χ3n) is 2.84. The van der Waals surface area contributed by atoms with Crippen molar-refractivity contribution in [1.29, 1.82) is 0 Å². The van der Waals surface area contributed by atoms with Crippen molar-refractivity contribution in [2.75, 3.05) is 12.3 Å². The molecule has 0 aliphatic rings. The molecule has 2 N–H and O–H groups in total. The van der Waals surface area contributed by atoms with Gasteiger partial charge in [-0.15, -0.1) is 0 Å². The molecule has 0 fully saturated rings. The average molecular weight is 262 g/mol. The molecule has 4 nitrogen and oxygen atoms in total. The molecule has 1 aromatic heterocycles. The Morgan fingerprint density at radius 2 is 2.21 bits per heavy atom. The van der Waals surface area contributed by atoms with Crippen molar-refractivity contribution in [2.24, 2.45) is 0 Å². The van der Waals surface area contributed by atoms with Crippen molar-refractivity contribution >= 4 is 11.6 Å². The van der Waals surface area contributed by atoms with Gasteiger partial charge in [0.05, 0.1) is 18.4 Å². The normalized spacial score (nSPS) is 10.4. The molecule has 1 amide bonds. The fourth-order valence-electron chi connectivity index (χ4n) is 1.80. The Hall–Kier alpha value is -2.30. The lowest BCUT2D eigenvalue weighted by Crippen LogP contribution is -2.30. The molecule has 5 heteroatoms. The number of rotatable bonds is 4. The third kappa shape index (κ3) is 2.93. The molecule has 19 heavy (non-hydrogen) atoms. The van der Waals surface area contributed by atoms with Crippen molar-refractivity contribution < 1.29 is 13.6 Å². The smallest absolute Gasteiger partial charge is 0.256 e. The SMILES string of the molecule is CCN(Cc1ccco1)C(=O)c1cc(F)ccc1N. The number of halogens is 1. The quantitative estimate of drug-likeness (QED) is 0.862. The zero-order valence-corrected chi connectivity index (χ0v) is 10.6. The molecule has 0 radical (unpaired) electrons. The highest BCUT2D eigenvalue weighted by atomic mass is 19.1. The van der Waals surface area contributed by atoms with Gasteiger partial charge in [-0.1, -0.05) is 0 Å². The fourth-order valence-corrected chi connectivity index (χ4v) is 1.80. The first-order valence-electron chi connectivity index (χ1n) is 5.98. The Morgan fingerprint density at radius 1 is 1.42 bits per heavy atom. The first kappa shape index (κ1) is 13.1. The number of nitrogens with zero attached hydrogens (tertiary/aromatic N) is 1. The van der Waals surface area contributed by atoms with Gasteiger partial charge in [-0.25, -0.2) is 4.39 Å². The lowest BCUT2D eigenvalue weighted by molar-refractivity contribution is 0.0742. The number of carbonyl (C=O) groups excluding carboxylic acids is 1. The number of hydrogen-bond acceptors (Lipinski definition) is 3. The minimum absolute atomic E-state index is 0.174. The summed E-state index contributed by atoms with van der Waals surface area (Å²) in [5, 5.41) is 0. The molecular formula is C14H15FN2O2. The van der Waals surface area contributed by atoms with Crippen LogP contribution in [0.5, 0.6) is 0 Å². The highest BCUT2D eigenvalue weighted by molar-refractivity contribution is 5.99. The Bertz CT molecular complexity index is 567. The summed E-state index contributed by atoms with van der Waals surface area (Å²) < 4.78 is 18.4. The summed E-state index contributed by atoms with van der Waals surface area (Å²) in [5.41, 5.74) is 6.16. The van der Waals surface area contributed by atoms with E-state index in [-0.39, 0.29) is 17.2 Å². The van der Waals surface area contributed by atoms with Gasteiger partial charge in [-0.3, -0.25) is 4.79 Å².